The van der Waals surface area contributed by atoms with Crippen LogP contribution in [0.25, 0.3) is 21.3 Å². The number of rotatable bonds is 6. The maximum atomic E-state index is 13.3. The molecule has 0 unspecified atom stereocenters. The molecule has 0 spiro atoms. The van der Waals surface area contributed by atoms with E-state index in [4.69, 9.17) is 4.74 Å². The van der Waals surface area contributed by atoms with Gasteiger partial charge < -0.3 is 4.74 Å². The highest BCUT2D eigenvalue weighted by atomic mass is 32.1. The summed E-state index contributed by atoms with van der Waals surface area (Å²) in [6.07, 6.45) is 2.40. The lowest BCUT2D eigenvalue weighted by atomic mass is 9.99. The number of thiophene rings is 1. The Kier molecular flexibility index (Phi) is 5.73. The topological polar surface area (TPSA) is 44.1 Å². The molecule has 0 atom stereocenters. The standard InChI is InChI=1S/C25H26N2O2S/c1-16-6-10-21(11-7-16)29-13-5-12-27-15-26-24-23(25(27)28)22(19(4)30-24)20-9-8-17(2)18(3)14-20/h6-11,14-15H,5,12-13H2,1-4H3. The van der Waals surface area contributed by atoms with Crippen LogP contribution in [0.1, 0.15) is 28.0 Å². The summed E-state index contributed by atoms with van der Waals surface area (Å²) in [5.41, 5.74) is 5.80. The van der Waals surface area contributed by atoms with E-state index in [9.17, 15) is 4.79 Å². The van der Waals surface area contributed by atoms with Gasteiger partial charge >= 0.3 is 0 Å². The number of aromatic nitrogens is 2. The fourth-order valence-corrected chi connectivity index (χ4v) is 4.60. The largest absolute Gasteiger partial charge is 0.494 e. The fourth-order valence-electron chi connectivity index (χ4n) is 3.60. The van der Waals surface area contributed by atoms with E-state index in [0.29, 0.717) is 13.2 Å². The van der Waals surface area contributed by atoms with Gasteiger partial charge in [-0.25, -0.2) is 4.98 Å². The van der Waals surface area contributed by atoms with Crippen LogP contribution in [0.4, 0.5) is 0 Å². The number of hydrogen-bond donors (Lipinski definition) is 0. The maximum absolute atomic E-state index is 13.3. The summed E-state index contributed by atoms with van der Waals surface area (Å²) < 4.78 is 7.50. The molecule has 0 aliphatic heterocycles. The Labute approximate surface area is 180 Å². The van der Waals surface area contributed by atoms with Gasteiger partial charge in [-0.3, -0.25) is 9.36 Å². The molecule has 0 amide bonds. The summed E-state index contributed by atoms with van der Waals surface area (Å²) in [6, 6.07) is 14.4. The summed E-state index contributed by atoms with van der Waals surface area (Å²) in [4.78, 5) is 19.8. The Morgan fingerprint density at radius 1 is 1.00 bits per heavy atom. The van der Waals surface area contributed by atoms with Gasteiger partial charge in [0, 0.05) is 17.0 Å². The van der Waals surface area contributed by atoms with E-state index in [0.717, 1.165) is 38.4 Å². The van der Waals surface area contributed by atoms with Crippen LogP contribution in [0.15, 0.2) is 53.6 Å². The zero-order valence-electron chi connectivity index (χ0n) is 17.9. The zero-order valence-corrected chi connectivity index (χ0v) is 18.7. The van der Waals surface area contributed by atoms with Gasteiger partial charge in [-0.2, -0.15) is 0 Å². The van der Waals surface area contributed by atoms with Crippen LogP contribution in [0.3, 0.4) is 0 Å². The van der Waals surface area contributed by atoms with Gasteiger partial charge in [0.15, 0.2) is 0 Å². The minimum absolute atomic E-state index is 0.0212. The minimum Gasteiger partial charge on any atom is -0.494 e. The van der Waals surface area contributed by atoms with Crippen molar-refractivity contribution in [2.45, 2.75) is 40.7 Å². The minimum atomic E-state index is 0.0212. The van der Waals surface area contributed by atoms with Crippen LogP contribution < -0.4 is 10.3 Å². The molecule has 0 aliphatic rings. The SMILES string of the molecule is Cc1ccc(OCCCn2cnc3sc(C)c(-c4ccc(C)c(C)c4)c3c2=O)cc1. The monoisotopic (exact) mass is 418 g/mol. The van der Waals surface area contributed by atoms with Gasteiger partial charge in [-0.05, 0) is 62.9 Å². The van der Waals surface area contributed by atoms with Crippen LogP contribution in [0.2, 0.25) is 0 Å². The number of ether oxygens (including phenoxy) is 1. The van der Waals surface area contributed by atoms with E-state index in [2.05, 4.69) is 50.9 Å². The van der Waals surface area contributed by atoms with Gasteiger partial charge in [0.1, 0.15) is 10.6 Å². The first-order valence-electron chi connectivity index (χ1n) is 10.2. The lowest BCUT2D eigenvalue weighted by Crippen LogP contribution is -2.21. The third-order valence-corrected chi connectivity index (χ3v) is 6.50. The molecule has 2 aromatic carbocycles. The number of nitrogens with zero attached hydrogens (tertiary/aromatic N) is 2. The van der Waals surface area contributed by atoms with E-state index in [1.807, 2.05) is 24.3 Å². The first-order valence-corrected chi connectivity index (χ1v) is 11.0. The molecule has 0 fully saturated rings. The summed E-state index contributed by atoms with van der Waals surface area (Å²) in [5, 5.41) is 0.725. The second kappa shape index (κ2) is 8.44. The Morgan fingerprint density at radius 2 is 1.77 bits per heavy atom. The first-order chi connectivity index (χ1) is 14.4. The van der Waals surface area contributed by atoms with Gasteiger partial charge in [-0.1, -0.05) is 35.9 Å². The summed E-state index contributed by atoms with van der Waals surface area (Å²) >= 11 is 1.58. The molecule has 0 radical (unpaired) electrons. The predicted molar refractivity (Wildman–Crippen MR) is 125 cm³/mol. The van der Waals surface area contributed by atoms with Crippen LogP contribution in [-0.4, -0.2) is 16.2 Å². The van der Waals surface area contributed by atoms with Crippen molar-refractivity contribution in [1.82, 2.24) is 9.55 Å². The van der Waals surface area contributed by atoms with Crippen LogP contribution in [-0.2, 0) is 6.54 Å². The zero-order chi connectivity index (χ0) is 21.3. The van der Waals surface area contributed by atoms with Crippen LogP contribution in [0, 0.1) is 27.7 Å². The molecule has 0 bridgehead atoms. The third-order valence-electron chi connectivity index (χ3n) is 5.48. The molecule has 2 heterocycles. The Balaban J connectivity index is 1.58. The number of fused-ring (bicyclic) bond motifs is 1. The van der Waals surface area contributed by atoms with Crippen molar-refractivity contribution in [2.24, 2.45) is 0 Å². The smallest absolute Gasteiger partial charge is 0.262 e. The number of aryl methyl sites for hydroxylation is 5. The molecule has 4 nitrogen and oxygen atoms in total. The highest BCUT2D eigenvalue weighted by Crippen LogP contribution is 2.36. The van der Waals surface area contributed by atoms with Crippen molar-refractivity contribution in [3.8, 4) is 16.9 Å². The molecule has 4 rings (SSSR count). The first kappa shape index (κ1) is 20.4. The molecule has 4 aromatic rings. The summed E-state index contributed by atoms with van der Waals surface area (Å²) in [5.74, 6) is 0.854. The normalized spacial score (nSPS) is 11.2. The molecular formula is C25H26N2O2S. The van der Waals surface area contributed by atoms with Crippen molar-refractivity contribution in [3.63, 3.8) is 0 Å². The van der Waals surface area contributed by atoms with Crippen molar-refractivity contribution in [2.75, 3.05) is 6.61 Å². The summed E-state index contributed by atoms with van der Waals surface area (Å²) in [7, 11) is 0. The highest BCUT2D eigenvalue weighted by molar-refractivity contribution is 7.19. The van der Waals surface area contributed by atoms with E-state index in [-0.39, 0.29) is 5.56 Å². The Morgan fingerprint density at radius 3 is 2.50 bits per heavy atom. The molecule has 0 saturated carbocycles. The molecule has 0 N–H and O–H groups in total. The Hall–Kier alpha value is -2.92. The van der Waals surface area contributed by atoms with Gasteiger partial charge in [0.25, 0.3) is 5.56 Å². The average molecular weight is 419 g/mol. The van der Waals surface area contributed by atoms with Crippen molar-refractivity contribution in [3.05, 3.63) is 80.7 Å². The molecular weight excluding hydrogens is 392 g/mol. The third kappa shape index (κ3) is 4.03. The van der Waals surface area contributed by atoms with E-state index in [1.165, 1.54) is 16.7 Å². The van der Waals surface area contributed by atoms with Crippen molar-refractivity contribution in [1.29, 1.82) is 0 Å². The predicted octanol–water partition coefficient (Wildman–Crippen LogP) is 5.83. The van der Waals surface area contributed by atoms with E-state index >= 15 is 0 Å². The second-order valence-electron chi connectivity index (χ2n) is 7.77. The van der Waals surface area contributed by atoms with E-state index < -0.39 is 0 Å². The Bertz CT molecular complexity index is 1250. The molecule has 154 valence electrons. The van der Waals surface area contributed by atoms with Gasteiger partial charge in [-0.15, -0.1) is 11.3 Å². The van der Waals surface area contributed by atoms with Crippen molar-refractivity contribution >= 4 is 21.6 Å². The van der Waals surface area contributed by atoms with Gasteiger partial charge in [0.2, 0.25) is 0 Å². The molecule has 0 saturated heterocycles. The number of benzene rings is 2. The lowest BCUT2D eigenvalue weighted by molar-refractivity contribution is 0.301. The average Bonchev–Trinajstić information content (AvgIpc) is 3.07. The molecule has 2 aromatic heterocycles. The number of hydrogen-bond acceptors (Lipinski definition) is 4. The highest BCUT2D eigenvalue weighted by Gasteiger charge is 2.17. The van der Waals surface area contributed by atoms with E-state index in [1.54, 1.807) is 22.2 Å². The molecule has 5 heteroatoms. The van der Waals surface area contributed by atoms with Crippen LogP contribution >= 0.6 is 11.3 Å². The fraction of sp³-hybridized carbons (Fsp3) is 0.280. The van der Waals surface area contributed by atoms with Crippen LogP contribution in [0.5, 0.6) is 5.75 Å². The second-order valence-corrected chi connectivity index (χ2v) is 8.97. The molecule has 0 aliphatic carbocycles. The van der Waals surface area contributed by atoms with Gasteiger partial charge in [0.05, 0.1) is 18.3 Å². The molecule has 30 heavy (non-hydrogen) atoms. The maximum Gasteiger partial charge on any atom is 0.262 e. The lowest BCUT2D eigenvalue weighted by Gasteiger charge is -2.09. The summed E-state index contributed by atoms with van der Waals surface area (Å²) in [6.45, 7) is 9.46. The van der Waals surface area contributed by atoms with Crippen molar-refractivity contribution < 1.29 is 4.74 Å². The quantitative estimate of drug-likeness (QED) is 0.370.